The number of hydrogen-bond acceptors (Lipinski definition) is 9. The van der Waals surface area contributed by atoms with E-state index < -0.39 is 27.9 Å². The van der Waals surface area contributed by atoms with Crippen molar-refractivity contribution >= 4 is 44.0 Å². The molecule has 1 aliphatic rings. The lowest BCUT2D eigenvalue weighted by atomic mass is 10.0. The molecule has 3 heterocycles. The lowest BCUT2D eigenvalue weighted by molar-refractivity contribution is -0.134. The number of anilines is 2. The van der Waals surface area contributed by atoms with Gasteiger partial charge in [-0.15, -0.1) is 0 Å². The Kier molecular flexibility index (Phi) is 7.44. The van der Waals surface area contributed by atoms with Crippen molar-refractivity contribution in [2.45, 2.75) is 17.8 Å². The zero-order chi connectivity index (χ0) is 26.3. The third-order valence-corrected chi connectivity index (χ3v) is 8.51. The molecule has 0 saturated carbocycles. The third-order valence-electron chi connectivity index (χ3n) is 5.74. The average Bonchev–Trinajstić information content (AvgIpc) is 3.22. The maximum absolute atomic E-state index is 13.2. The number of likely N-dealkylation sites (N-methyl/N-ethyl adjacent to an activating group) is 1. The van der Waals surface area contributed by atoms with E-state index in [9.17, 15) is 21.6 Å². The number of halogens is 4. The Labute approximate surface area is 215 Å². The summed E-state index contributed by atoms with van der Waals surface area (Å²) in [6.07, 6.45) is -4.97. The monoisotopic (exact) mass is 561 g/mol. The molecule has 15 heteroatoms. The van der Waals surface area contributed by atoms with Gasteiger partial charge in [-0.25, -0.2) is 28.5 Å². The quantitative estimate of drug-likeness (QED) is 0.467. The zero-order valence-electron chi connectivity index (χ0n) is 19.0. The molecular formula is C21H23ClF3N7O2S2. The van der Waals surface area contributed by atoms with Crippen LogP contribution in [0.25, 0.3) is 21.8 Å². The first-order valence-electron chi connectivity index (χ1n) is 10.7. The van der Waals surface area contributed by atoms with Crippen molar-refractivity contribution in [1.82, 2.24) is 19.9 Å². The number of nitrogens with zero attached hydrogens (tertiary/aromatic N) is 5. The Balaban J connectivity index is 1.87. The summed E-state index contributed by atoms with van der Waals surface area (Å²) in [7, 11) is -2.61. The summed E-state index contributed by atoms with van der Waals surface area (Å²) in [5, 5.41) is 3.61. The van der Waals surface area contributed by atoms with E-state index in [1.54, 1.807) is 12.1 Å². The molecule has 1 atom stereocenters. The van der Waals surface area contributed by atoms with Crippen molar-refractivity contribution in [2.24, 2.45) is 5.14 Å². The minimum absolute atomic E-state index is 0.0345. The number of piperazine rings is 1. The Morgan fingerprint density at radius 2 is 1.86 bits per heavy atom. The van der Waals surface area contributed by atoms with Crippen LogP contribution >= 0.6 is 22.9 Å². The number of alkyl halides is 3. The summed E-state index contributed by atoms with van der Waals surface area (Å²) in [6.45, 7) is 3.10. The molecule has 0 spiro atoms. The Bertz CT molecular complexity index is 1360. The van der Waals surface area contributed by atoms with E-state index in [1.165, 1.54) is 29.7 Å². The van der Waals surface area contributed by atoms with Gasteiger partial charge in [0.2, 0.25) is 16.0 Å². The topological polar surface area (TPSA) is 131 Å². The predicted octanol–water partition coefficient (Wildman–Crippen LogP) is 3.54. The molecule has 9 nitrogen and oxygen atoms in total. The van der Waals surface area contributed by atoms with Crippen LogP contribution in [-0.2, 0) is 10.0 Å². The number of benzene rings is 1. The number of sulfonamides is 1. The zero-order valence-corrected chi connectivity index (χ0v) is 21.4. The number of nitrogens with two attached hydrogens (primary N) is 2. The number of rotatable bonds is 6. The lowest BCUT2D eigenvalue weighted by Gasteiger charge is -2.32. The van der Waals surface area contributed by atoms with Gasteiger partial charge in [0.1, 0.15) is 5.25 Å². The average molecular weight is 562 g/mol. The number of nitrogen functional groups attached to an aromatic ring is 1. The maximum atomic E-state index is 13.2. The molecule has 1 aromatic carbocycles. The van der Waals surface area contributed by atoms with Gasteiger partial charge in [0.15, 0.2) is 5.13 Å². The first kappa shape index (κ1) is 26.5. The Hall–Kier alpha value is -2.52. The minimum atomic E-state index is -4.78. The Morgan fingerprint density at radius 3 is 2.47 bits per heavy atom. The van der Waals surface area contributed by atoms with Crippen molar-refractivity contribution in [3.05, 3.63) is 41.0 Å². The molecular weight excluding hydrogens is 539 g/mol. The van der Waals surface area contributed by atoms with Gasteiger partial charge in [-0.2, -0.15) is 13.2 Å². The van der Waals surface area contributed by atoms with Crippen LogP contribution in [0.3, 0.4) is 0 Å². The van der Waals surface area contributed by atoms with E-state index in [-0.39, 0.29) is 22.1 Å². The maximum Gasteiger partial charge on any atom is 0.390 e. The SMILES string of the molecule is CN1CCN(c2nc(-c3cccc(C(CC(F)(F)F)S(N)(=O)=O)c3Cl)c(-c3ccnc(N)n3)s2)CC1. The van der Waals surface area contributed by atoms with Crippen molar-refractivity contribution in [1.29, 1.82) is 0 Å². The van der Waals surface area contributed by atoms with Gasteiger partial charge in [0, 0.05) is 37.9 Å². The third kappa shape index (κ3) is 5.89. The first-order chi connectivity index (χ1) is 16.8. The second-order valence-corrected chi connectivity index (χ2v) is 11.5. The number of thiazole rings is 1. The van der Waals surface area contributed by atoms with Crippen LogP contribution in [0.4, 0.5) is 24.3 Å². The Morgan fingerprint density at radius 1 is 1.17 bits per heavy atom. The fraction of sp³-hybridized carbons (Fsp3) is 0.381. The van der Waals surface area contributed by atoms with Gasteiger partial charge in [-0.3, -0.25) is 0 Å². The normalized spacial score (nSPS) is 16.3. The van der Waals surface area contributed by atoms with Gasteiger partial charge >= 0.3 is 6.18 Å². The van der Waals surface area contributed by atoms with E-state index in [2.05, 4.69) is 19.8 Å². The van der Waals surface area contributed by atoms with Crippen LogP contribution in [0.5, 0.6) is 0 Å². The molecule has 1 unspecified atom stereocenters. The summed E-state index contributed by atoms with van der Waals surface area (Å²) in [5.41, 5.74) is 6.59. The summed E-state index contributed by atoms with van der Waals surface area (Å²) >= 11 is 7.91. The highest BCUT2D eigenvalue weighted by molar-refractivity contribution is 7.89. The van der Waals surface area contributed by atoms with Crippen LogP contribution in [0.2, 0.25) is 5.02 Å². The second kappa shape index (κ2) is 10.1. The van der Waals surface area contributed by atoms with Gasteiger partial charge < -0.3 is 15.5 Å². The highest BCUT2D eigenvalue weighted by Crippen LogP contribution is 2.45. The summed E-state index contributed by atoms with van der Waals surface area (Å²) in [5.74, 6) is 0.0345. The number of primary sulfonamides is 1. The van der Waals surface area contributed by atoms with Crippen molar-refractivity contribution in [3.63, 3.8) is 0 Å². The van der Waals surface area contributed by atoms with Crippen molar-refractivity contribution in [3.8, 4) is 21.8 Å². The molecule has 36 heavy (non-hydrogen) atoms. The van der Waals surface area contributed by atoms with E-state index in [1.807, 2.05) is 7.05 Å². The molecule has 2 aromatic heterocycles. The van der Waals surface area contributed by atoms with Crippen molar-refractivity contribution in [2.75, 3.05) is 43.9 Å². The van der Waals surface area contributed by atoms with E-state index in [0.717, 1.165) is 26.2 Å². The molecule has 0 bridgehead atoms. The van der Waals surface area contributed by atoms with E-state index >= 15 is 0 Å². The molecule has 1 aliphatic heterocycles. The lowest BCUT2D eigenvalue weighted by Crippen LogP contribution is -2.44. The van der Waals surface area contributed by atoms with Crippen LogP contribution < -0.4 is 15.8 Å². The molecule has 1 fully saturated rings. The molecule has 0 radical (unpaired) electrons. The van der Waals surface area contributed by atoms with E-state index in [4.69, 9.17) is 27.5 Å². The first-order valence-corrected chi connectivity index (χ1v) is 13.5. The standard InChI is InChI=1S/C21H23ClF3N7O2S2/c1-31-7-9-32(10-8-31)20-30-17(18(35-20)14-5-6-28-19(26)29-14)13-4-2-3-12(16(13)22)15(36(27,33)34)11-21(23,24)25/h2-6,15H,7-11H2,1H3,(H2,26,28,29)(H2,27,33,34). The molecule has 4 N–H and O–H groups in total. The van der Waals surface area contributed by atoms with Crippen LogP contribution in [0.15, 0.2) is 30.5 Å². The molecule has 0 aliphatic carbocycles. The van der Waals surface area contributed by atoms with Crippen LogP contribution in [-0.4, -0.2) is 67.7 Å². The number of aromatic nitrogens is 3. The molecule has 4 rings (SSSR count). The van der Waals surface area contributed by atoms with Gasteiger partial charge in [-0.05, 0) is 18.7 Å². The summed E-state index contributed by atoms with van der Waals surface area (Å²) in [4.78, 5) is 17.8. The highest BCUT2D eigenvalue weighted by Gasteiger charge is 2.39. The second-order valence-electron chi connectivity index (χ2n) is 8.37. The van der Waals surface area contributed by atoms with Crippen LogP contribution in [0, 0.1) is 0 Å². The van der Waals surface area contributed by atoms with Gasteiger partial charge in [0.25, 0.3) is 0 Å². The minimum Gasteiger partial charge on any atom is -0.368 e. The van der Waals surface area contributed by atoms with Crippen molar-refractivity contribution < 1.29 is 21.6 Å². The van der Waals surface area contributed by atoms with Gasteiger partial charge in [0.05, 0.1) is 27.7 Å². The van der Waals surface area contributed by atoms with Gasteiger partial charge in [-0.1, -0.05) is 41.1 Å². The fourth-order valence-corrected chi connectivity index (χ4v) is 6.38. The molecule has 0 amide bonds. The fourth-order valence-electron chi connectivity index (χ4n) is 3.89. The highest BCUT2D eigenvalue weighted by atomic mass is 35.5. The summed E-state index contributed by atoms with van der Waals surface area (Å²) in [6, 6.07) is 5.85. The predicted molar refractivity (Wildman–Crippen MR) is 134 cm³/mol. The summed E-state index contributed by atoms with van der Waals surface area (Å²) < 4.78 is 64.0. The smallest absolute Gasteiger partial charge is 0.368 e. The molecule has 194 valence electrons. The van der Waals surface area contributed by atoms with Crippen LogP contribution in [0.1, 0.15) is 17.2 Å². The number of hydrogen-bond donors (Lipinski definition) is 2. The molecule has 1 saturated heterocycles. The largest absolute Gasteiger partial charge is 0.390 e. The molecule has 3 aromatic rings. The van der Waals surface area contributed by atoms with E-state index in [0.29, 0.717) is 21.4 Å².